The zero-order valence-corrected chi connectivity index (χ0v) is 23.1. The summed E-state index contributed by atoms with van der Waals surface area (Å²) in [5, 5.41) is 14.0. The number of Topliss-reactive ketones (excluding diaryl/α,β-unsaturated/α-hetero) is 1. The minimum atomic E-state index is -0.799. The van der Waals surface area contributed by atoms with Gasteiger partial charge in [0.15, 0.2) is 0 Å². The van der Waals surface area contributed by atoms with E-state index in [9.17, 15) is 14.7 Å². The lowest BCUT2D eigenvalue weighted by Gasteiger charge is -2.30. The number of carbonyl (C=O) groups excluding carboxylic acids is 2. The van der Waals surface area contributed by atoms with E-state index in [1.165, 1.54) is 4.90 Å². The maximum absolute atomic E-state index is 14.0. The fourth-order valence-electron chi connectivity index (χ4n) is 5.87. The molecule has 3 aromatic carbocycles. The fraction of sp³-hybridized carbons (Fsp3) is 0.333. The lowest BCUT2D eigenvalue weighted by atomic mass is 9.94. The summed E-state index contributed by atoms with van der Waals surface area (Å²) in [6, 6.07) is 21.7. The molecule has 1 N–H and O–H groups in total. The first-order valence-electron chi connectivity index (χ1n) is 14.2. The van der Waals surface area contributed by atoms with Gasteiger partial charge in [-0.3, -0.25) is 9.59 Å². The normalized spacial score (nSPS) is 22.0. The second kappa shape index (κ2) is 11.8. The molecule has 8 nitrogen and oxygen atoms in total. The third-order valence-corrected chi connectivity index (χ3v) is 8.02. The number of benzene rings is 3. The Hall–Kier alpha value is -4.14. The molecule has 0 aromatic heterocycles. The molecule has 1 amide bonds. The summed E-state index contributed by atoms with van der Waals surface area (Å²) in [5.74, 6) is -0.444. The topological polar surface area (TPSA) is 92.6 Å². The van der Waals surface area contributed by atoms with E-state index in [4.69, 9.17) is 14.2 Å². The number of rotatable bonds is 8. The Kier molecular flexibility index (Phi) is 7.76. The molecule has 41 heavy (non-hydrogen) atoms. The van der Waals surface area contributed by atoms with Gasteiger partial charge in [0, 0.05) is 12.0 Å². The quantitative estimate of drug-likeness (QED) is 0.259. The van der Waals surface area contributed by atoms with Crippen LogP contribution >= 0.6 is 0 Å². The van der Waals surface area contributed by atoms with E-state index in [1.807, 2.05) is 61.5 Å². The third-order valence-electron chi connectivity index (χ3n) is 8.02. The minimum Gasteiger partial charge on any atom is -0.872 e. The average Bonchev–Trinajstić information content (AvgIpc) is 3.50. The molecule has 2 saturated heterocycles. The van der Waals surface area contributed by atoms with Crippen LogP contribution in [0.3, 0.4) is 0 Å². The molecular formula is C33H34N2O6. The zero-order chi connectivity index (χ0) is 28.3. The number of hydrogen-bond acceptors (Lipinski definition) is 6. The van der Waals surface area contributed by atoms with E-state index in [1.54, 1.807) is 23.1 Å². The molecule has 212 valence electrons. The molecule has 3 aliphatic rings. The molecule has 2 unspecified atom stereocenters. The SMILES string of the molecule is CC1Cc2cc(C([O-])=C3C(=O)C(=O)N(CC[NH+]4CCOCC4)C3c3cccc(OCc4ccccc4)c3)ccc2O1. The number of amides is 1. The van der Waals surface area contributed by atoms with Crippen LogP contribution < -0.4 is 19.5 Å². The number of morpholine rings is 1. The van der Waals surface area contributed by atoms with Gasteiger partial charge >= 0.3 is 0 Å². The van der Waals surface area contributed by atoms with Crippen LogP contribution in [0.5, 0.6) is 11.5 Å². The van der Waals surface area contributed by atoms with Crippen LogP contribution in [0, 0.1) is 0 Å². The molecule has 2 fully saturated rings. The van der Waals surface area contributed by atoms with Crippen molar-refractivity contribution >= 4 is 17.4 Å². The van der Waals surface area contributed by atoms with Crippen LogP contribution in [0.25, 0.3) is 5.76 Å². The summed E-state index contributed by atoms with van der Waals surface area (Å²) < 4.78 is 17.3. The van der Waals surface area contributed by atoms with E-state index in [2.05, 4.69) is 0 Å². The van der Waals surface area contributed by atoms with Gasteiger partial charge in [0.05, 0.1) is 32.3 Å². The van der Waals surface area contributed by atoms with Crippen molar-refractivity contribution in [2.75, 3.05) is 39.4 Å². The van der Waals surface area contributed by atoms with Gasteiger partial charge in [0.2, 0.25) is 5.78 Å². The number of carbonyl (C=O) groups is 2. The third kappa shape index (κ3) is 5.71. The van der Waals surface area contributed by atoms with E-state index in [0.29, 0.717) is 56.2 Å². The lowest BCUT2D eigenvalue weighted by molar-refractivity contribution is -0.907. The summed E-state index contributed by atoms with van der Waals surface area (Å²) in [6.07, 6.45) is 0.722. The molecular weight excluding hydrogens is 520 g/mol. The first-order chi connectivity index (χ1) is 20.0. The second-order valence-corrected chi connectivity index (χ2v) is 10.9. The van der Waals surface area contributed by atoms with Gasteiger partial charge in [0.1, 0.15) is 37.3 Å². The molecule has 0 saturated carbocycles. The molecule has 6 rings (SSSR count). The van der Waals surface area contributed by atoms with Crippen LogP contribution in [0.1, 0.15) is 35.2 Å². The number of quaternary nitrogens is 1. The van der Waals surface area contributed by atoms with E-state index in [0.717, 1.165) is 30.0 Å². The molecule has 3 aliphatic heterocycles. The molecule has 0 aliphatic carbocycles. The van der Waals surface area contributed by atoms with Crippen molar-refractivity contribution in [2.24, 2.45) is 0 Å². The van der Waals surface area contributed by atoms with Crippen molar-refractivity contribution in [2.45, 2.75) is 32.1 Å². The number of nitrogens with one attached hydrogen (secondary N) is 1. The predicted octanol–water partition coefficient (Wildman–Crippen LogP) is 1.73. The Labute approximate surface area is 239 Å². The first kappa shape index (κ1) is 27.1. The van der Waals surface area contributed by atoms with Gasteiger partial charge in [-0.05, 0) is 53.4 Å². The summed E-state index contributed by atoms with van der Waals surface area (Å²) in [6.45, 7) is 6.40. The molecule has 3 aromatic rings. The molecule has 0 radical (unpaired) electrons. The number of likely N-dealkylation sites (tertiary alicyclic amines) is 1. The van der Waals surface area contributed by atoms with Crippen LogP contribution in [-0.4, -0.2) is 62.1 Å². The summed E-state index contributed by atoms with van der Waals surface area (Å²) in [7, 11) is 0. The Morgan fingerprint density at radius 1 is 1.02 bits per heavy atom. The first-order valence-corrected chi connectivity index (χ1v) is 14.2. The summed E-state index contributed by atoms with van der Waals surface area (Å²) >= 11 is 0. The number of ketones is 1. The van der Waals surface area contributed by atoms with Crippen molar-refractivity contribution in [3.8, 4) is 11.5 Å². The lowest BCUT2D eigenvalue weighted by Crippen LogP contribution is -3.14. The maximum atomic E-state index is 14.0. The van der Waals surface area contributed by atoms with E-state index < -0.39 is 23.5 Å². The molecule has 3 heterocycles. The van der Waals surface area contributed by atoms with Crippen LogP contribution in [0.4, 0.5) is 0 Å². The smallest absolute Gasteiger partial charge is 0.295 e. The van der Waals surface area contributed by atoms with E-state index >= 15 is 0 Å². The van der Waals surface area contributed by atoms with Crippen molar-refractivity contribution in [1.82, 2.24) is 4.90 Å². The minimum absolute atomic E-state index is 0.0147. The summed E-state index contributed by atoms with van der Waals surface area (Å²) in [5.41, 5.74) is 3.00. The predicted molar refractivity (Wildman–Crippen MR) is 150 cm³/mol. The average molecular weight is 555 g/mol. The molecule has 0 spiro atoms. The van der Waals surface area contributed by atoms with Gasteiger partial charge in [-0.2, -0.15) is 0 Å². The highest BCUT2D eigenvalue weighted by Gasteiger charge is 2.44. The van der Waals surface area contributed by atoms with Gasteiger partial charge < -0.3 is 29.1 Å². The molecule has 0 bridgehead atoms. The Balaban J connectivity index is 1.35. The molecule has 8 heteroatoms. The van der Waals surface area contributed by atoms with E-state index in [-0.39, 0.29) is 11.7 Å². The number of fused-ring (bicyclic) bond motifs is 1. The second-order valence-electron chi connectivity index (χ2n) is 10.9. The van der Waals surface area contributed by atoms with Gasteiger partial charge in [-0.25, -0.2) is 0 Å². The number of ether oxygens (including phenoxy) is 3. The monoisotopic (exact) mass is 554 g/mol. The zero-order valence-electron chi connectivity index (χ0n) is 23.1. The van der Waals surface area contributed by atoms with Crippen LogP contribution in [-0.2, 0) is 27.4 Å². The standard InChI is InChI=1S/C33H34N2O6/c1-22-18-26-19-25(10-11-28(26)41-22)31(36)29-30(35(33(38)32(29)37)13-12-34-14-16-39-17-15-34)24-8-5-9-27(20-24)40-21-23-6-3-2-4-7-23/h2-11,19-20,22,30,36H,12-18,21H2,1H3. The number of nitrogens with zero attached hydrogens (tertiary/aromatic N) is 1. The van der Waals surface area contributed by atoms with Gasteiger partial charge in [-0.15, -0.1) is 0 Å². The largest absolute Gasteiger partial charge is 0.872 e. The van der Waals surface area contributed by atoms with Crippen molar-refractivity contribution in [3.05, 3.63) is 101 Å². The number of hydrogen-bond donors (Lipinski definition) is 1. The highest BCUT2D eigenvalue weighted by molar-refractivity contribution is 6.46. The Morgan fingerprint density at radius 2 is 1.83 bits per heavy atom. The van der Waals surface area contributed by atoms with Gasteiger partial charge in [0.25, 0.3) is 5.91 Å². The van der Waals surface area contributed by atoms with Crippen molar-refractivity contribution in [1.29, 1.82) is 0 Å². The highest BCUT2D eigenvalue weighted by atomic mass is 16.5. The summed E-state index contributed by atoms with van der Waals surface area (Å²) in [4.78, 5) is 29.8. The molecule has 2 atom stereocenters. The highest BCUT2D eigenvalue weighted by Crippen LogP contribution is 2.40. The Morgan fingerprint density at radius 3 is 2.63 bits per heavy atom. The van der Waals surface area contributed by atoms with Gasteiger partial charge in [-0.1, -0.05) is 54.3 Å². The maximum Gasteiger partial charge on any atom is 0.295 e. The van der Waals surface area contributed by atoms with Crippen LogP contribution in [0.2, 0.25) is 0 Å². The van der Waals surface area contributed by atoms with Crippen molar-refractivity contribution < 1.29 is 33.8 Å². The fourth-order valence-corrected chi connectivity index (χ4v) is 5.87. The van der Waals surface area contributed by atoms with Crippen LogP contribution in [0.15, 0.2) is 78.4 Å². The van der Waals surface area contributed by atoms with Crippen molar-refractivity contribution in [3.63, 3.8) is 0 Å². The Bertz CT molecular complexity index is 1460.